The van der Waals surface area contributed by atoms with Crippen LogP contribution in [0.5, 0.6) is 0 Å². The van der Waals surface area contributed by atoms with Gasteiger partial charge in [-0.3, -0.25) is 9.59 Å². The normalized spacial score (nSPS) is 18.1. The van der Waals surface area contributed by atoms with Gasteiger partial charge in [-0.2, -0.15) is 4.39 Å². The number of hydrogen-bond donors (Lipinski definition) is 0. The van der Waals surface area contributed by atoms with Gasteiger partial charge in [-0.05, 0) is 18.6 Å². The van der Waals surface area contributed by atoms with Crippen molar-refractivity contribution >= 4 is 33.5 Å². The third-order valence-electron chi connectivity index (χ3n) is 3.30. The Morgan fingerprint density at radius 1 is 1.55 bits per heavy atom. The van der Waals surface area contributed by atoms with Gasteiger partial charge in [-0.15, -0.1) is 0 Å². The summed E-state index contributed by atoms with van der Waals surface area (Å²) in [5, 5.41) is 0.0546. The van der Waals surface area contributed by atoms with E-state index in [-0.39, 0.29) is 28.6 Å². The number of alkyl halides is 1. The molecule has 0 bridgehead atoms. The molecular formula is C13H14BrFN2O3. The summed E-state index contributed by atoms with van der Waals surface area (Å²) in [4.78, 5) is 28.5. The Bertz CT molecular complexity index is 538. The molecule has 1 atom stereocenters. The fraction of sp³-hybridized carbons (Fsp3) is 0.462. The van der Waals surface area contributed by atoms with Crippen LogP contribution in [0.15, 0.2) is 12.1 Å². The maximum atomic E-state index is 13.8. The lowest BCUT2D eigenvalue weighted by Gasteiger charge is -2.17. The first-order valence-electron chi connectivity index (χ1n) is 6.15. The molecule has 1 aliphatic rings. The van der Waals surface area contributed by atoms with Crippen LogP contribution in [0.1, 0.15) is 16.8 Å². The van der Waals surface area contributed by atoms with Crippen molar-refractivity contribution in [2.24, 2.45) is 5.92 Å². The van der Waals surface area contributed by atoms with Crippen molar-refractivity contribution in [3.8, 4) is 0 Å². The second kappa shape index (κ2) is 6.30. The van der Waals surface area contributed by atoms with E-state index in [1.54, 1.807) is 6.07 Å². The first-order valence-corrected chi connectivity index (χ1v) is 7.27. The number of ether oxygens (including phenoxy) is 1. The van der Waals surface area contributed by atoms with E-state index >= 15 is 0 Å². The Morgan fingerprint density at radius 3 is 2.90 bits per heavy atom. The Balaban J connectivity index is 2.13. The smallest absolute Gasteiger partial charge is 0.310 e. The molecule has 0 unspecified atom stereocenters. The highest BCUT2D eigenvalue weighted by molar-refractivity contribution is 9.09. The van der Waals surface area contributed by atoms with Gasteiger partial charge >= 0.3 is 5.97 Å². The largest absolute Gasteiger partial charge is 0.469 e. The highest BCUT2D eigenvalue weighted by Crippen LogP contribution is 2.24. The molecule has 0 saturated carbocycles. The molecule has 1 saturated heterocycles. The SMILES string of the molecule is COC(=O)[C@H]1CCN(c2ccc(C(=O)CBr)c(F)n2)C1. The van der Waals surface area contributed by atoms with Crippen molar-refractivity contribution in [1.82, 2.24) is 4.98 Å². The lowest BCUT2D eigenvalue weighted by atomic mass is 10.1. The Morgan fingerprint density at radius 2 is 2.30 bits per heavy atom. The number of halogens is 2. The van der Waals surface area contributed by atoms with E-state index in [1.165, 1.54) is 13.2 Å². The van der Waals surface area contributed by atoms with Crippen molar-refractivity contribution in [2.45, 2.75) is 6.42 Å². The average molecular weight is 345 g/mol. The van der Waals surface area contributed by atoms with Crippen LogP contribution >= 0.6 is 15.9 Å². The molecule has 0 amide bonds. The number of methoxy groups -OCH3 is 1. The summed E-state index contributed by atoms with van der Waals surface area (Å²) in [6, 6.07) is 3.02. The summed E-state index contributed by atoms with van der Waals surface area (Å²) >= 11 is 3.00. The van der Waals surface area contributed by atoms with Gasteiger partial charge < -0.3 is 9.64 Å². The summed E-state index contributed by atoms with van der Waals surface area (Å²) in [6.45, 7) is 1.06. The number of aromatic nitrogens is 1. The molecule has 20 heavy (non-hydrogen) atoms. The minimum Gasteiger partial charge on any atom is -0.469 e. The van der Waals surface area contributed by atoms with Crippen LogP contribution in [0.25, 0.3) is 0 Å². The van der Waals surface area contributed by atoms with Gasteiger partial charge in [0.15, 0.2) is 5.78 Å². The minimum atomic E-state index is -0.784. The van der Waals surface area contributed by atoms with Crippen LogP contribution < -0.4 is 4.90 Å². The second-order valence-electron chi connectivity index (χ2n) is 4.52. The van der Waals surface area contributed by atoms with Gasteiger partial charge in [0.2, 0.25) is 5.95 Å². The zero-order chi connectivity index (χ0) is 14.7. The van der Waals surface area contributed by atoms with Crippen molar-refractivity contribution in [1.29, 1.82) is 0 Å². The quantitative estimate of drug-likeness (QED) is 0.360. The summed E-state index contributed by atoms with van der Waals surface area (Å²) < 4.78 is 18.5. The van der Waals surface area contributed by atoms with Crippen LogP contribution in [-0.4, -0.2) is 42.3 Å². The lowest BCUT2D eigenvalue weighted by Crippen LogP contribution is -2.24. The fourth-order valence-corrected chi connectivity index (χ4v) is 2.51. The summed E-state index contributed by atoms with van der Waals surface area (Å²) in [6.07, 6.45) is 0.651. The molecule has 2 rings (SSSR count). The van der Waals surface area contributed by atoms with Crippen molar-refractivity contribution < 1.29 is 18.7 Å². The maximum absolute atomic E-state index is 13.8. The number of carbonyl (C=O) groups excluding carboxylic acids is 2. The topological polar surface area (TPSA) is 59.5 Å². The molecule has 5 nitrogen and oxygen atoms in total. The number of ketones is 1. The van der Waals surface area contributed by atoms with Crippen LogP contribution in [0.4, 0.5) is 10.2 Å². The molecule has 0 aromatic carbocycles. The zero-order valence-corrected chi connectivity index (χ0v) is 12.5. The average Bonchev–Trinajstić information content (AvgIpc) is 2.95. The minimum absolute atomic E-state index is 0.0330. The van der Waals surface area contributed by atoms with E-state index in [2.05, 4.69) is 20.9 Å². The number of Topliss-reactive ketones (excluding diaryl/α,β-unsaturated/α-hetero) is 1. The number of pyridine rings is 1. The molecule has 2 heterocycles. The molecule has 7 heteroatoms. The predicted molar refractivity (Wildman–Crippen MR) is 74.7 cm³/mol. The third kappa shape index (κ3) is 2.98. The molecule has 0 N–H and O–H groups in total. The first kappa shape index (κ1) is 14.9. The molecule has 0 spiro atoms. The van der Waals surface area contributed by atoms with Crippen LogP contribution in [-0.2, 0) is 9.53 Å². The van der Waals surface area contributed by atoms with E-state index in [9.17, 15) is 14.0 Å². The first-order chi connectivity index (χ1) is 9.56. The van der Waals surface area contributed by atoms with Crippen molar-refractivity contribution in [3.63, 3.8) is 0 Å². The molecule has 1 fully saturated rings. The lowest BCUT2D eigenvalue weighted by molar-refractivity contribution is -0.144. The number of rotatable bonds is 4. The number of hydrogen-bond acceptors (Lipinski definition) is 5. The predicted octanol–water partition coefficient (Wildman–Crippen LogP) is 1.80. The number of nitrogens with zero attached hydrogens (tertiary/aromatic N) is 2. The Hall–Kier alpha value is -1.50. The van der Waals surface area contributed by atoms with Gasteiger partial charge in [0.25, 0.3) is 0 Å². The monoisotopic (exact) mass is 344 g/mol. The zero-order valence-electron chi connectivity index (χ0n) is 10.9. The summed E-state index contributed by atoms with van der Waals surface area (Å²) in [5.41, 5.74) is -0.0330. The number of esters is 1. The molecule has 1 aliphatic heterocycles. The maximum Gasteiger partial charge on any atom is 0.310 e. The van der Waals surface area contributed by atoms with Gasteiger partial charge in [-0.25, -0.2) is 4.98 Å². The van der Waals surface area contributed by atoms with Gasteiger partial charge in [0.05, 0.1) is 23.9 Å². The van der Waals surface area contributed by atoms with Crippen LogP contribution in [0.2, 0.25) is 0 Å². The Labute approximate surface area is 124 Å². The molecule has 0 aliphatic carbocycles. The second-order valence-corrected chi connectivity index (χ2v) is 5.08. The van der Waals surface area contributed by atoms with Crippen LogP contribution in [0, 0.1) is 11.9 Å². The van der Waals surface area contributed by atoms with E-state index in [0.29, 0.717) is 25.3 Å². The van der Waals surface area contributed by atoms with Crippen molar-refractivity contribution in [2.75, 3.05) is 30.4 Å². The highest BCUT2D eigenvalue weighted by Gasteiger charge is 2.30. The molecule has 1 aromatic heterocycles. The molecule has 108 valence electrons. The fourth-order valence-electron chi connectivity index (χ4n) is 2.21. The molecule has 1 aromatic rings. The van der Waals surface area contributed by atoms with Gasteiger partial charge in [-0.1, -0.05) is 15.9 Å². The molecule has 0 radical (unpaired) electrons. The van der Waals surface area contributed by atoms with Gasteiger partial charge in [0, 0.05) is 13.1 Å². The summed E-state index contributed by atoms with van der Waals surface area (Å²) in [5.74, 6) is -1.18. The third-order valence-corrected chi connectivity index (χ3v) is 3.81. The van der Waals surface area contributed by atoms with Gasteiger partial charge in [0.1, 0.15) is 5.82 Å². The number of carbonyl (C=O) groups is 2. The van der Waals surface area contributed by atoms with Crippen LogP contribution in [0.3, 0.4) is 0 Å². The number of anilines is 1. The van der Waals surface area contributed by atoms with Crippen molar-refractivity contribution in [3.05, 3.63) is 23.6 Å². The Kier molecular flexibility index (Phi) is 4.69. The van der Waals surface area contributed by atoms with E-state index in [0.717, 1.165) is 0 Å². The standard InChI is InChI=1S/C13H14BrFN2O3/c1-20-13(19)8-4-5-17(7-8)11-3-2-9(10(18)6-14)12(15)16-11/h2-3,8H,4-7H2,1H3/t8-/m0/s1. The van der Waals surface area contributed by atoms with E-state index < -0.39 is 5.95 Å². The highest BCUT2D eigenvalue weighted by atomic mass is 79.9. The van der Waals surface area contributed by atoms with E-state index in [4.69, 9.17) is 4.74 Å². The van der Waals surface area contributed by atoms with E-state index in [1.807, 2.05) is 4.90 Å². The molecular weight excluding hydrogens is 331 g/mol. The summed E-state index contributed by atoms with van der Waals surface area (Å²) in [7, 11) is 1.35.